The Kier molecular flexibility index (Phi) is 13.6. The van der Waals surface area contributed by atoms with Crippen molar-refractivity contribution in [3.63, 3.8) is 0 Å². The van der Waals surface area contributed by atoms with Crippen LogP contribution in [-0.4, -0.2) is 133 Å². The van der Waals surface area contributed by atoms with Gasteiger partial charge < -0.3 is 45.1 Å². The molecule has 3 amide bonds. The molecular weight excluding hydrogens is 872 g/mol. The molecule has 0 radical (unpaired) electrons. The summed E-state index contributed by atoms with van der Waals surface area (Å²) in [5.74, 6) is 0.726. The minimum absolute atomic E-state index is 0.0144. The number of thiazole rings is 1. The third-order valence-electron chi connectivity index (χ3n) is 13.7. The van der Waals surface area contributed by atoms with Gasteiger partial charge in [-0.05, 0) is 68.4 Å². The maximum atomic E-state index is 14.9. The molecule has 352 valence electrons. The molecule has 5 aliphatic rings. The highest BCUT2D eigenvalue weighted by Gasteiger charge is 2.62. The molecule has 2 saturated heterocycles. The number of anilines is 1. The van der Waals surface area contributed by atoms with Gasteiger partial charge in [-0.3, -0.25) is 14.5 Å². The molecule has 0 spiro atoms. The maximum Gasteiger partial charge on any atom is 0.408 e. The van der Waals surface area contributed by atoms with Gasteiger partial charge in [-0.2, -0.15) is 0 Å². The zero-order chi connectivity index (χ0) is 46.4. The molecule has 2 aromatic heterocycles. The van der Waals surface area contributed by atoms with Crippen molar-refractivity contribution in [1.82, 2.24) is 35.7 Å². The molecule has 3 saturated carbocycles. The van der Waals surface area contributed by atoms with Crippen molar-refractivity contribution in [3.8, 4) is 22.9 Å². The number of aromatic nitrogens is 2. The number of fused-ring (bicyclic) bond motifs is 2. The average Bonchev–Trinajstić information content (AvgIpc) is 3.75. The fraction of sp³-hybridized carbons (Fsp3) is 0.617. The Bertz CT molecular complexity index is 2290. The number of ether oxygens (including phenoxy) is 4. The van der Waals surface area contributed by atoms with E-state index in [1.807, 2.05) is 46.1 Å². The second kappa shape index (κ2) is 18.9. The predicted octanol–water partition coefficient (Wildman–Crippen LogP) is 5.88. The number of alkyl carbamates (subject to hydrolysis) is 1. The number of piperazine rings is 1. The number of pyridine rings is 1. The van der Waals surface area contributed by atoms with E-state index in [0.717, 1.165) is 50.7 Å². The molecule has 1 aromatic carbocycles. The van der Waals surface area contributed by atoms with Crippen LogP contribution >= 0.6 is 22.9 Å². The molecule has 4 N–H and O–H groups in total. The first-order valence-electron chi connectivity index (χ1n) is 22.9. The van der Waals surface area contributed by atoms with Gasteiger partial charge in [-0.25, -0.2) is 19.6 Å². The highest BCUT2D eigenvalue weighted by molar-refractivity contribution is 7.14. The first-order valence-corrected chi connectivity index (χ1v) is 24.1. The van der Waals surface area contributed by atoms with Crippen molar-refractivity contribution >= 4 is 62.8 Å². The molecule has 0 bridgehead atoms. The predicted molar refractivity (Wildman–Crippen MR) is 249 cm³/mol. The molecule has 65 heavy (non-hydrogen) atoms. The van der Waals surface area contributed by atoms with Crippen LogP contribution in [0.4, 0.5) is 9.93 Å². The van der Waals surface area contributed by atoms with Crippen LogP contribution in [0.25, 0.3) is 22.3 Å². The number of nitrogens with one attached hydrogen (secondary N) is 4. The summed E-state index contributed by atoms with van der Waals surface area (Å²) in [5.41, 5.74) is -0.528. The van der Waals surface area contributed by atoms with Gasteiger partial charge in [0.25, 0.3) is 0 Å². The van der Waals surface area contributed by atoms with Crippen LogP contribution in [0.3, 0.4) is 0 Å². The minimum Gasteiger partial charge on any atom is -0.491 e. The summed E-state index contributed by atoms with van der Waals surface area (Å²) < 4.78 is 24.1. The van der Waals surface area contributed by atoms with Gasteiger partial charge in [0.2, 0.25) is 11.8 Å². The Morgan fingerprint density at radius 1 is 1.06 bits per heavy atom. The van der Waals surface area contributed by atoms with Crippen LogP contribution < -0.4 is 30.7 Å². The summed E-state index contributed by atoms with van der Waals surface area (Å²) in [6.07, 6.45) is 2.02. The van der Waals surface area contributed by atoms with Crippen molar-refractivity contribution in [2.24, 2.45) is 29.1 Å². The lowest BCUT2D eigenvalue weighted by atomic mass is 9.85. The molecular formula is C47H63ClN8O8S. The number of carbonyl (C=O) groups excluding carboxylic acids is 4. The normalized spacial score (nSPS) is 27.7. The van der Waals surface area contributed by atoms with E-state index in [0.29, 0.717) is 69.6 Å². The van der Waals surface area contributed by atoms with Gasteiger partial charge in [-0.1, -0.05) is 45.4 Å². The number of methoxy groups -OCH3 is 1. The summed E-state index contributed by atoms with van der Waals surface area (Å²) in [6.45, 7) is 20.6. The average molecular weight is 936 g/mol. The monoisotopic (exact) mass is 934 g/mol. The number of carbonyl (C=O) groups is 4. The first-order chi connectivity index (χ1) is 31.0. The van der Waals surface area contributed by atoms with E-state index in [9.17, 15) is 19.2 Å². The number of nitrogens with zero attached hydrogens (tertiary/aromatic N) is 4. The molecule has 8 rings (SSSR count). The quantitative estimate of drug-likeness (QED) is 0.0987. The van der Waals surface area contributed by atoms with E-state index in [1.54, 1.807) is 18.2 Å². The number of hydrogen-bond acceptors (Lipinski definition) is 14. The van der Waals surface area contributed by atoms with E-state index in [-0.39, 0.29) is 31.0 Å². The standard InChI is InChI=1S/C47H63ClN8O8S/c1-9-27-22-47(27,43(59)61-8)54-41(57)35-20-29(23-56(35)42(58)40(46(5,6)7)53-45(60)64-28-18-31-26(4)32(31)19-28)63-37-21-33(34-24-65-44(52-34)50-25(2)3)51-39-30(37)10-11-36(38(39)48)62-17-16-55-14-12-49-13-15-55/h9-11,21,24-29,31-32,35,40,49H,1,12-20,22-23H2,2-8H3,(H,50,52)(H,53,60)(H,54,57)/t26-,27-,28+,29?,31+,32-,35+,40-,47?/m1/s1. The molecule has 3 aromatic rings. The van der Waals surface area contributed by atoms with E-state index in [4.69, 9.17) is 40.5 Å². The highest BCUT2D eigenvalue weighted by atomic mass is 35.5. The van der Waals surface area contributed by atoms with E-state index >= 15 is 0 Å². The molecule has 2 aliphatic heterocycles. The number of hydrogen-bond donors (Lipinski definition) is 4. The van der Waals surface area contributed by atoms with Crippen molar-refractivity contribution in [2.45, 2.75) is 103 Å². The van der Waals surface area contributed by atoms with Gasteiger partial charge in [-0.15, -0.1) is 17.9 Å². The minimum atomic E-state index is -1.30. The van der Waals surface area contributed by atoms with Crippen molar-refractivity contribution in [2.75, 3.05) is 58.3 Å². The van der Waals surface area contributed by atoms with Crippen LogP contribution in [0.2, 0.25) is 5.02 Å². The van der Waals surface area contributed by atoms with Gasteiger partial charge >= 0.3 is 12.1 Å². The largest absolute Gasteiger partial charge is 0.491 e. The number of benzene rings is 1. The van der Waals surface area contributed by atoms with Crippen LogP contribution in [0.1, 0.15) is 67.2 Å². The Labute approximate surface area is 389 Å². The number of rotatable bonds is 16. The molecule has 18 heteroatoms. The molecule has 5 fully saturated rings. The smallest absolute Gasteiger partial charge is 0.408 e. The zero-order valence-corrected chi connectivity index (χ0v) is 40.0. The van der Waals surface area contributed by atoms with Gasteiger partial charge in [0, 0.05) is 67.9 Å². The van der Waals surface area contributed by atoms with E-state index in [1.165, 1.54) is 23.3 Å². The summed E-state index contributed by atoms with van der Waals surface area (Å²) >= 11 is 8.59. The fourth-order valence-corrected chi connectivity index (χ4v) is 11.0. The SMILES string of the molecule is C=C[C@@H]1CC1(NC(=O)[C@@H]1CC(Oc2cc(-c3csc(NC(C)C)n3)nc3c(Cl)c(OCCN4CCNCC4)ccc23)CN1C(=O)[C@@H](NC(=O)O[C@@H]1C[C@@H]2[C@H](C)[C@@H]2C1)C(C)(C)C)C(=O)OC. The lowest BCUT2D eigenvalue weighted by Crippen LogP contribution is -2.59. The van der Waals surface area contributed by atoms with Crippen LogP contribution in [0, 0.1) is 29.1 Å². The lowest BCUT2D eigenvalue weighted by Gasteiger charge is -2.35. The highest BCUT2D eigenvalue weighted by Crippen LogP contribution is 2.57. The molecule has 16 nitrogen and oxygen atoms in total. The summed E-state index contributed by atoms with van der Waals surface area (Å²) in [7, 11) is 1.27. The lowest BCUT2D eigenvalue weighted by molar-refractivity contribution is -0.148. The van der Waals surface area contributed by atoms with E-state index < -0.39 is 53.0 Å². The number of halogens is 1. The molecule has 4 heterocycles. The summed E-state index contributed by atoms with van der Waals surface area (Å²) in [6, 6.07) is 3.47. The Morgan fingerprint density at radius 2 is 1.80 bits per heavy atom. The summed E-state index contributed by atoms with van der Waals surface area (Å²) in [5, 5.41) is 16.1. The topological polar surface area (TPSA) is 186 Å². The van der Waals surface area contributed by atoms with Crippen molar-refractivity contribution < 1.29 is 38.1 Å². The molecule has 9 atom stereocenters. The Hall–Kier alpha value is -4.71. The number of likely N-dealkylation sites (tertiary alicyclic amines) is 1. The van der Waals surface area contributed by atoms with Crippen LogP contribution in [-0.2, 0) is 23.9 Å². The van der Waals surface area contributed by atoms with Crippen LogP contribution in [0.5, 0.6) is 11.5 Å². The third kappa shape index (κ3) is 10.0. The van der Waals surface area contributed by atoms with Crippen molar-refractivity contribution in [1.29, 1.82) is 0 Å². The zero-order valence-electron chi connectivity index (χ0n) is 38.4. The number of amides is 3. The second-order valence-corrected chi connectivity index (χ2v) is 20.9. The van der Waals surface area contributed by atoms with Gasteiger partial charge in [0.1, 0.15) is 58.7 Å². The second-order valence-electron chi connectivity index (χ2n) is 19.7. The van der Waals surface area contributed by atoms with Crippen LogP contribution in [0.15, 0.2) is 36.2 Å². The summed E-state index contributed by atoms with van der Waals surface area (Å²) in [4.78, 5) is 69.6. The van der Waals surface area contributed by atoms with Crippen molar-refractivity contribution in [3.05, 3.63) is 41.3 Å². The Morgan fingerprint density at radius 3 is 2.46 bits per heavy atom. The molecule has 3 aliphatic carbocycles. The van der Waals surface area contributed by atoms with E-state index in [2.05, 4.69) is 39.7 Å². The molecule has 2 unspecified atom stereocenters. The Balaban J connectivity index is 1.09. The third-order valence-corrected chi connectivity index (χ3v) is 14.9. The fourth-order valence-electron chi connectivity index (χ4n) is 9.85. The first kappa shape index (κ1) is 46.8. The maximum absolute atomic E-state index is 14.9. The van der Waals surface area contributed by atoms with Gasteiger partial charge in [0.15, 0.2) is 5.13 Å². The van der Waals surface area contributed by atoms with Gasteiger partial charge in [0.05, 0.1) is 24.9 Å². The number of esters is 1.